The number of carbonyl (C=O) groups excluding carboxylic acids is 1. The summed E-state index contributed by atoms with van der Waals surface area (Å²) >= 11 is 10.3. The molecule has 7 heteroatoms. The Kier molecular flexibility index (Phi) is 3.01. The third-order valence-corrected chi connectivity index (χ3v) is 1.94. The van der Waals surface area contributed by atoms with Crippen molar-refractivity contribution < 1.29 is 18.0 Å². The normalized spacial score (nSPS) is 11.5. The molecule has 0 saturated heterocycles. The third kappa shape index (κ3) is 2.16. The Labute approximate surface area is 86.6 Å². The number of hydrogen-bond donors (Lipinski definition) is 0. The molecule has 0 spiro atoms. The van der Waals surface area contributed by atoms with Gasteiger partial charge >= 0.3 is 6.18 Å². The minimum Gasteiger partial charge on any atom is -0.274 e. The van der Waals surface area contributed by atoms with Crippen molar-refractivity contribution in [1.29, 1.82) is 0 Å². The second-order valence-corrected chi connectivity index (χ2v) is 3.01. The Morgan fingerprint density at radius 1 is 1.43 bits per heavy atom. The zero-order valence-electron chi connectivity index (χ0n) is 6.40. The number of nitrogens with zero attached hydrogens (tertiary/aromatic N) is 1. The van der Waals surface area contributed by atoms with Crippen molar-refractivity contribution in [3.63, 3.8) is 0 Å². The van der Waals surface area contributed by atoms with Gasteiger partial charge in [0, 0.05) is 6.20 Å². The van der Waals surface area contributed by atoms with Crippen molar-refractivity contribution in [3.05, 3.63) is 28.5 Å². The average molecular weight is 244 g/mol. The number of pyridine rings is 1. The molecule has 0 aliphatic rings. The molecule has 0 amide bonds. The van der Waals surface area contributed by atoms with E-state index >= 15 is 0 Å². The highest BCUT2D eigenvalue weighted by molar-refractivity contribution is 6.68. The summed E-state index contributed by atoms with van der Waals surface area (Å²) in [5, 5.41) is -1.90. The predicted molar refractivity (Wildman–Crippen MR) is 44.4 cm³/mol. The van der Waals surface area contributed by atoms with Gasteiger partial charge < -0.3 is 0 Å². The Bertz CT molecular complexity index is 378. The fraction of sp³-hybridized carbons (Fsp3) is 0.143. The summed E-state index contributed by atoms with van der Waals surface area (Å²) in [4.78, 5) is 13.9. The van der Waals surface area contributed by atoms with Crippen LogP contribution in [0, 0.1) is 0 Å². The van der Waals surface area contributed by atoms with Crippen LogP contribution >= 0.6 is 23.2 Å². The molecule has 0 aliphatic heterocycles. The van der Waals surface area contributed by atoms with Crippen molar-refractivity contribution in [1.82, 2.24) is 4.98 Å². The van der Waals surface area contributed by atoms with Gasteiger partial charge in [-0.15, -0.1) is 0 Å². The number of alkyl halides is 3. The van der Waals surface area contributed by atoms with Crippen LogP contribution in [-0.2, 0) is 6.18 Å². The fourth-order valence-electron chi connectivity index (χ4n) is 0.800. The van der Waals surface area contributed by atoms with Crippen LogP contribution in [0.15, 0.2) is 12.3 Å². The van der Waals surface area contributed by atoms with E-state index < -0.39 is 27.7 Å². The molecular formula is C7H2Cl2F3NO. The summed E-state index contributed by atoms with van der Waals surface area (Å²) in [5.74, 6) is 0. The van der Waals surface area contributed by atoms with E-state index in [2.05, 4.69) is 4.98 Å². The first-order valence-electron chi connectivity index (χ1n) is 3.25. The monoisotopic (exact) mass is 243 g/mol. The molecule has 2 nitrogen and oxygen atoms in total. The van der Waals surface area contributed by atoms with Crippen LogP contribution in [0.1, 0.15) is 16.1 Å². The second-order valence-electron chi connectivity index (χ2n) is 2.29. The average Bonchev–Trinajstić information content (AvgIpc) is 2.01. The number of halogens is 5. The Balaban J connectivity index is 3.35. The molecule has 76 valence electrons. The summed E-state index contributed by atoms with van der Waals surface area (Å²) < 4.78 is 36.7. The number of hydrogen-bond acceptors (Lipinski definition) is 2. The smallest absolute Gasteiger partial charge is 0.274 e. The van der Waals surface area contributed by atoms with E-state index in [0.717, 1.165) is 6.20 Å². The number of carbonyl (C=O) groups is 1. The van der Waals surface area contributed by atoms with Gasteiger partial charge in [0.15, 0.2) is 0 Å². The fourth-order valence-corrected chi connectivity index (χ4v) is 1.30. The molecule has 0 aromatic carbocycles. The van der Waals surface area contributed by atoms with E-state index in [1.807, 2.05) is 0 Å². The Morgan fingerprint density at radius 2 is 2.00 bits per heavy atom. The molecule has 0 unspecified atom stereocenters. The first-order valence-corrected chi connectivity index (χ1v) is 4.01. The highest BCUT2D eigenvalue weighted by atomic mass is 35.5. The lowest BCUT2D eigenvalue weighted by Gasteiger charge is -2.09. The molecule has 0 atom stereocenters. The van der Waals surface area contributed by atoms with Crippen LogP contribution < -0.4 is 0 Å². The van der Waals surface area contributed by atoms with Gasteiger partial charge in [-0.3, -0.25) is 9.78 Å². The summed E-state index contributed by atoms with van der Waals surface area (Å²) in [5.41, 5.74) is -1.72. The van der Waals surface area contributed by atoms with E-state index in [4.69, 9.17) is 23.2 Å². The lowest BCUT2D eigenvalue weighted by molar-refractivity contribution is -0.137. The standard InChI is InChI=1S/C7H2Cl2F3NO/c8-4-3(7(10,11)12)1-2-13-5(4)6(9)14/h1-2H. The lowest BCUT2D eigenvalue weighted by atomic mass is 10.2. The quantitative estimate of drug-likeness (QED) is 0.710. The topological polar surface area (TPSA) is 30.0 Å². The van der Waals surface area contributed by atoms with Crippen molar-refractivity contribution in [2.24, 2.45) is 0 Å². The molecular weight excluding hydrogens is 242 g/mol. The Hall–Kier alpha value is -0.810. The molecule has 14 heavy (non-hydrogen) atoms. The van der Waals surface area contributed by atoms with Crippen molar-refractivity contribution >= 4 is 28.4 Å². The molecule has 1 aromatic rings. The van der Waals surface area contributed by atoms with E-state index in [1.54, 1.807) is 0 Å². The number of rotatable bonds is 1. The summed E-state index contributed by atoms with van der Waals surface area (Å²) in [7, 11) is 0. The van der Waals surface area contributed by atoms with E-state index in [9.17, 15) is 18.0 Å². The maximum atomic E-state index is 12.2. The summed E-state index contributed by atoms with van der Waals surface area (Å²) in [6.07, 6.45) is -3.80. The van der Waals surface area contributed by atoms with Gasteiger partial charge in [-0.25, -0.2) is 0 Å². The van der Waals surface area contributed by atoms with Gasteiger partial charge in [-0.2, -0.15) is 13.2 Å². The van der Waals surface area contributed by atoms with Crippen LogP contribution in [0.3, 0.4) is 0 Å². The van der Waals surface area contributed by atoms with Gasteiger partial charge in [0.25, 0.3) is 5.24 Å². The highest BCUT2D eigenvalue weighted by Crippen LogP contribution is 2.35. The van der Waals surface area contributed by atoms with Crippen LogP contribution in [0.25, 0.3) is 0 Å². The SMILES string of the molecule is O=C(Cl)c1nccc(C(F)(F)F)c1Cl. The van der Waals surface area contributed by atoms with Crippen molar-refractivity contribution in [2.75, 3.05) is 0 Å². The van der Waals surface area contributed by atoms with Gasteiger partial charge in [-0.1, -0.05) is 11.6 Å². The first kappa shape index (κ1) is 11.3. The Morgan fingerprint density at radius 3 is 2.43 bits per heavy atom. The van der Waals surface area contributed by atoms with Crippen LogP contribution in [0.5, 0.6) is 0 Å². The molecule has 1 rings (SSSR count). The van der Waals surface area contributed by atoms with Gasteiger partial charge in [-0.05, 0) is 17.7 Å². The molecule has 0 bridgehead atoms. The molecule has 1 aromatic heterocycles. The predicted octanol–water partition coefficient (Wildman–Crippen LogP) is 3.13. The number of aromatic nitrogens is 1. The lowest BCUT2D eigenvalue weighted by Crippen LogP contribution is -2.09. The van der Waals surface area contributed by atoms with Crippen LogP contribution in [0.4, 0.5) is 13.2 Å². The van der Waals surface area contributed by atoms with E-state index in [0.29, 0.717) is 6.07 Å². The molecule has 0 fully saturated rings. The molecule has 0 aliphatic carbocycles. The van der Waals surface area contributed by atoms with E-state index in [-0.39, 0.29) is 0 Å². The molecule has 1 heterocycles. The third-order valence-electron chi connectivity index (χ3n) is 1.38. The van der Waals surface area contributed by atoms with Gasteiger partial charge in [0.2, 0.25) is 0 Å². The second kappa shape index (κ2) is 3.74. The summed E-state index contributed by atoms with van der Waals surface area (Å²) in [6.45, 7) is 0. The van der Waals surface area contributed by atoms with Gasteiger partial charge in [0.05, 0.1) is 10.6 Å². The highest BCUT2D eigenvalue weighted by Gasteiger charge is 2.34. The molecule has 0 saturated carbocycles. The minimum atomic E-state index is -4.62. The first-order chi connectivity index (χ1) is 6.34. The minimum absolute atomic E-state index is 0.594. The van der Waals surface area contributed by atoms with Crippen molar-refractivity contribution in [3.8, 4) is 0 Å². The molecule has 0 radical (unpaired) electrons. The maximum absolute atomic E-state index is 12.2. The van der Waals surface area contributed by atoms with Gasteiger partial charge in [0.1, 0.15) is 5.69 Å². The zero-order chi connectivity index (χ0) is 10.9. The van der Waals surface area contributed by atoms with E-state index in [1.165, 1.54) is 0 Å². The largest absolute Gasteiger partial charge is 0.417 e. The zero-order valence-corrected chi connectivity index (χ0v) is 7.91. The maximum Gasteiger partial charge on any atom is 0.417 e. The van der Waals surface area contributed by atoms with Crippen molar-refractivity contribution in [2.45, 2.75) is 6.18 Å². The summed E-state index contributed by atoms with van der Waals surface area (Å²) in [6, 6.07) is 0.672. The van der Waals surface area contributed by atoms with Crippen LogP contribution in [0.2, 0.25) is 5.02 Å². The van der Waals surface area contributed by atoms with Crippen LogP contribution in [-0.4, -0.2) is 10.2 Å². The molecule has 0 N–H and O–H groups in total.